The van der Waals surface area contributed by atoms with Gasteiger partial charge in [-0.3, -0.25) is 4.79 Å². The highest BCUT2D eigenvalue weighted by atomic mass is 16.4. The van der Waals surface area contributed by atoms with Crippen molar-refractivity contribution in [2.45, 2.75) is 6.92 Å². The average molecular weight is 370 g/mol. The van der Waals surface area contributed by atoms with Crippen molar-refractivity contribution < 1.29 is 14.7 Å². The number of rotatable bonds is 5. The Kier molecular flexibility index (Phi) is 5.38. The number of carboxylic acid groups (broad SMARTS) is 1. The maximum absolute atomic E-state index is 12.4. The molecule has 0 aliphatic carbocycles. The van der Waals surface area contributed by atoms with Crippen LogP contribution in [0.4, 0.5) is 5.69 Å². The fraction of sp³-hybridized carbons (Fsp3) is 0.0455. The summed E-state index contributed by atoms with van der Waals surface area (Å²) in [5.74, 6) is -1.80. The number of anilines is 1. The van der Waals surface area contributed by atoms with Gasteiger partial charge >= 0.3 is 0 Å². The van der Waals surface area contributed by atoms with Crippen molar-refractivity contribution in [1.82, 2.24) is 4.57 Å². The maximum Gasteiger partial charge on any atom is 0.266 e. The van der Waals surface area contributed by atoms with Crippen LogP contribution in [0.1, 0.15) is 21.6 Å². The molecule has 6 heteroatoms. The van der Waals surface area contributed by atoms with Gasteiger partial charge in [-0.15, -0.1) is 0 Å². The van der Waals surface area contributed by atoms with E-state index in [1.54, 1.807) is 47.2 Å². The number of carboxylic acids is 1. The molecule has 3 rings (SSSR count). The molecule has 28 heavy (non-hydrogen) atoms. The minimum Gasteiger partial charge on any atom is -0.545 e. The van der Waals surface area contributed by atoms with Crippen molar-refractivity contribution in [3.8, 4) is 11.8 Å². The van der Waals surface area contributed by atoms with E-state index in [2.05, 4.69) is 5.32 Å². The van der Waals surface area contributed by atoms with Gasteiger partial charge in [0, 0.05) is 23.3 Å². The summed E-state index contributed by atoms with van der Waals surface area (Å²) in [6.07, 6.45) is 3.17. The first-order valence-electron chi connectivity index (χ1n) is 8.47. The molecule has 0 radical (unpaired) electrons. The van der Waals surface area contributed by atoms with Gasteiger partial charge in [0.05, 0.1) is 5.97 Å². The summed E-state index contributed by atoms with van der Waals surface area (Å²) in [5, 5.41) is 23.2. The SMILES string of the molecule is Cc1ccc(NC(=O)/C(C#N)=C/c2cccn2-c2cccc(C(=O)[O-])c2)cc1. The molecule has 3 aromatic rings. The number of hydrogen-bond acceptors (Lipinski definition) is 4. The molecule has 1 heterocycles. The minimum atomic E-state index is -1.28. The molecule has 0 bridgehead atoms. The highest BCUT2D eigenvalue weighted by Gasteiger charge is 2.11. The molecule has 1 aromatic heterocycles. The molecule has 6 nitrogen and oxygen atoms in total. The van der Waals surface area contributed by atoms with Crippen molar-refractivity contribution in [3.05, 3.63) is 89.3 Å². The molecule has 0 saturated heterocycles. The zero-order valence-electron chi connectivity index (χ0n) is 15.0. The standard InChI is InChI=1S/C22H17N3O3/c1-15-7-9-18(10-8-15)24-21(26)17(14-23)13-20-6-3-11-25(20)19-5-2-4-16(12-19)22(27)28/h2-13H,1H3,(H,24,26)(H,27,28)/p-1/b17-13+. The van der Waals surface area contributed by atoms with Gasteiger partial charge in [-0.25, -0.2) is 0 Å². The maximum atomic E-state index is 12.4. The second kappa shape index (κ2) is 8.06. The number of nitrogens with one attached hydrogen (secondary N) is 1. The van der Waals surface area contributed by atoms with E-state index in [4.69, 9.17) is 0 Å². The number of aromatic nitrogens is 1. The lowest BCUT2D eigenvalue weighted by Crippen LogP contribution is -2.22. The van der Waals surface area contributed by atoms with Crippen molar-refractivity contribution in [2.75, 3.05) is 5.32 Å². The van der Waals surface area contributed by atoms with Crippen molar-refractivity contribution in [2.24, 2.45) is 0 Å². The minimum absolute atomic E-state index is 0.0405. The predicted octanol–water partition coefficient (Wildman–Crippen LogP) is 2.69. The zero-order chi connectivity index (χ0) is 20.1. The lowest BCUT2D eigenvalue weighted by atomic mass is 10.1. The average Bonchev–Trinajstić information content (AvgIpc) is 3.16. The van der Waals surface area contributed by atoms with Crippen LogP contribution in [0, 0.1) is 18.3 Å². The van der Waals surface area contributed by atoms with Crippen LogP contribution < -0.4 is 10.4 Å². The Morgan fingerprint density at radius 3 is 2.54 bits per heavy atom. The summed E-state index contributed by atoms with van der Waals surface area (Å²) in [6.45, 7) is 1.94. The monoisotopic (exact) mass is 370 g/mol. The number of hydrogen-bond donors (Lipinski definition) is 1. The normalized spacial score (nSPS) is 10.9. The van der Waals surface area contributed by atoms with Gasteiger partial charge in [0.2, 0.25) is 0 Å². The summed E-state index contributed by atoms with van der Waals surface area (Å²) in [6, 6.07) is 18.8. The topological polar surface area (TPSA) is 98.0 Å². The van der Waals surface area contributed by atoms with E-state index >= 15 is 0 Å². The Bertz CT molecular complexity index is 1100. The van der Waals surface area contributed by atoms with E-state index in [0.29, 0.717) is 17.1 Å². The number of benzene rings is 2. The van der Waals surface area contributed by atoms with E-state index in [1.807, 2.05) is 25.1 Å². The molecule has 0 atom stereocenters. The molecule has 0 saturated carbocycles. The van der Waals surface area contributed by atoms with E-state index in [-0.39, 0.29) is 11.1 Å². The fourth-order valence-corrected chi connectivity index (χ4v) is 2.66. The van der Waals surface area contributed by atoms with Crippen LogP contribution in [0.2, 0.25) is 0 Å². The first-order chi connectivity index (χ1) is 13.5. The smallest absolute Gasteiger partial charge is 0.266 e. The first-order valence-corrected chi connectivity index (χ1v) is 8.47. The van der Waals surface area contributed by atoms with E-state index in [0.717, 1.165) is 5.56 Å². The lowest BCUT2D eigenvalue weighted by Gasteiger charge is -2.10. The fourth-order valence-electron chi connectivity index (χ4n) is 2.66. The number of amides is 1. The third kappa shape index (κ3) is 4.17. The molecule has 0 unspecified atom stereocenters. The van der Waals surface area contributed by atoms with Crippen LogP contribution in [-0.2, 0) is 4.79 Å². The number of aromatic carboxylic acids is 1. The summed E-state index contributed by atoms with van der Waals surface area (Å²) in [7, 11) is 0. The van der Waals surface area contributed by atoms with Crippen molar-refractivity contribution in [1.29, 1.82) is 5.26 Å². The first kappa shape index (κ1) is 18.7. The predicted molar refractivity (Wildman–Crippen MR) is 103 cm³/mol. The van der Waals surface area contributed by atoms with E-state index in [9.17, 15) is 20.0 Å². The van der Waals surface area contributed by atoms with Crippen LogP contribution in [0.3, 0.4) is 0 Å². The van der Waals surface area contributed by atoms with E-state index < -0.39 is 11.9 Å². The Labute approximate surface area is 162 Å². The largest absolute Gasteiger partial charge is 0.545 e. The van der Waals surface area contributed by atoms with Gasteiger partial charge in [-0.2, -0.15) is 5.26 Å². The number of carbonyl (C=O) groups excluding carboxylic acids is 2. The number of carbonyl (C=O) groups is 2. The summed E-state index contributed by atoms with van der Waals surface area (Å²) < 4.78 is 1.68. The molecule has 2 aromatic carbocycles. The van der Waals surface area contributed by atoms with Gasteiger partial charge in [-0.1, -0.05) is 29.8 Å². The molecular formula is C22H16N3O3-. The molecule has 0 aliphatic rings. The van der Waals surface area contributed by atoms with Gasteiger partial charge in [-0.05, 0) is 55.0 Å². The molecule has 138 valence electrons. The molecule has 0 aliphatic heterocycles. The number of aryl methyl sites for hydroxylation is 1. The Morgan fingerprint density at radius 1 is 1.11 bits per heavy atom. The highest BCUT2D eigenvalue weighted by Crippen LogP contribution is 2.18. The Morgan fingerprint density at radius 2 is 1.86 bits per heavy atom. The molecular weight excluding hydrogens is 354 g/mol. The third-order valence-corrected chi connectivity index (χ3v) is 4.11. The summed E-state index contributed by atoms with van der Waals surface area (Å²) >= 11 is 0. The highest BCUT2D eigenvalue weighted by molar-refractivity contribution is 6.09. The van der Waals surface area contributed by atoms with Gasteiger partial charge in [0.15, 0.2) is 0 Å². The molecule has 1 amide bonds. The Balaban J connectivity index is 1.90. The zero-order valence-corrected chi connectivity index (χ0v) is 15.0. The molecule has 0 spiro atoms. The lowest BCUT2D eigenvalue weighted by molar-refractivity contribution is -0.255. The Hall–Kier alpha value is -4.11. The van der Waals surface area contributed by atoms with Gasteiger partial charge < -0.3 is 19.8 Å². The van der Waals surface area contributed by atoms with Crippen LogP contribution in [-0.4, -0.2) is 16.4 Å². The second-order valence-corrected chi connectivity index (χ2v) is 6.13. The van der Waals surface area contributed by atoms with Crippen molar-refractivity contribution >= 4 is 23.6 Å². The quantitative estimate of drug-likeness (QED) is 0.551. The van der Waals surface area contributed by atoms with Gasteiger partial charge in [0.1, 0.15) is 11.6 Å². The number of nitrogens with zero attached hydrogens (tertiary/aromatic N) is 2. The van der Waals surface area contributed by atoms with E-state index in [1.165, 1.54) is 18.2 Å². The summed E-state index contributed by atoms with van der Waals surface area (Å²) in [4.78, 5) is 23.5. The second-order valence-electron chi connectivity index (χ2n) is 6.13. The molecule has 0 fully saturated rings. The van der Waals surface area contributed by atoms with Crippen LogP contribution in [0.5, 0.6) is 0 Å². The van der Waals surface area contributed by atoms with Crippen LogP contribution in [0.25, 0.3) is 11.8 Å². The molecule has 1 N–H and O–H groups in total. The van der Waals surface area contributed by atoms with Crippen LogP contribution >= 0.6 is 0 Å². The van der Waals surface area contributed by atoms with Crippen LogP contribution in [0.15, 0.2) is 72.4 Å². The third-order valence-electron chi connectivity index (χ3n) is 4.11. The van der Waals surface area contributed by atoms with Gasteiger partial charge in [0.25, 0.3) is 5.91 Å². The van der Waals surface area contributed by atoms with Crippen molar-refractivity contribution in [3.63, 3.8) is 0 Å². The summed E-state index contributed by atoms with van der Waals surface area (Å²) in [5.41, 5.74) is 2.76. The number of nitriles is 1.